The molecule has 0 spiro atoms. The van der Waals surface area contributed by atoms with Gasteiger partial charge in [-0.15, -0.1) is 11.3 Å². The molecule has 0 saturated carbocycles. The first kappa shape index (κ1) is 18.3. The van der Waals surface area contributed by atoms with Gasteiger partial charge in [0.15, 0.2) is 5.75 Å². The highest BCUT2D eigenvalue weighted by molar-refractivity contribution is 7.93. The number of fused-ring (bicyclic) bond motifs is 1. The second-order valence-corrected chi connectivity index (χ2v) is 7.87. The number of sulfonamides is 1. The van der Waals surface area contributed by atoms with E-state index >= 15 is 0 Å². The maximum Gasteiger partial charge on any atom is 0.265 e. The second kappa shape index (κ2) is 7.42. The van der Waals surface area contributed by atoms with Gasteiger partial charge < -0.3 is 9.47 Å². The number of thiophene rings is 1. The summed E-state index contributed by atoms with van der Waals surface area (Å²) in [6.07, 6.45) is 1.23. The van der Waals surface area contributed by atoms with Gasteiger partial charge in [0.1, 0.15) is 18.2 Å². The molecule has 0 aliphatic rings. The van der Waals surface area contributed by atoms with E-state index in [1.807, 2.05) is 19.1 Å². The van der Waals surface area contributed by atoms with E-state index in [1.165, 1.54) is 24.6 Å². The first-order valence-electron chi connectivity index (χ1n) is 7.55. The summed E-state index contributed by atoms with van der Waals surface area (Å²) in [6, 6.07) is 5.55. The van der Waals surface area contributed by atoms with Crippen molar-refractivity contribution >= 4 is 37.4 Å². The van der Waals surface area contributed by atoms with Crippen LogP contribution in [-0.4, -0.2) is 38.8 Å². The summed E-state index contributed by atoms with van der Waals surface area (Å²) >= 11 is 1.34. The van der Waals surface area contributed by atoms with Gasteiger partial charge in [-0.1, -0.05) is 12.1 Å². The quantitative estimate of drug-likeness (QED) is 0.659. The van der Waals surface area contributed by atoms with E-state index in [4.69, 9.17) is 9.47 Å². The molecular weight excluding hydrogens is 381 g/mol. The number of nitrogens with one attached hydrogen (secondary N) is 1. The maximum absolute atomic E-state index is 12.7. The Morgan fingerprint density at radius 1 is 1.35 bits per heavy atom. The third-order valence-electron chi connectivity index (χ3n) is 3.46. The molecule has 0 amide bonds. The van der Waals surface area contributed by atoms with Crippen LogP contribution in [0.1, 0.15) is 5.56 Å². The maximum atomic E-state index is 12.7. The summed E-state index contributed by atoms with van der Waals surface area (Å²) in [5.41, 5.74) is 1.05. The van der Waals surface area contributed by atoms with Gasteiger partial charge in [0.05, 0.1) is 13.3 Å². The summed E-state index contributed by atoms with van der Waals surface area (Å²) in [7, 11) is -2.54. The van der Waals surface area contributed by atoms with Crippen LogP contribution in [0.4, 0.5) is 10.3 Å². The van der Waals surface area contributed by atoms with Crippen molar-refractivity contribution in [2.24, 2.45) is 0 Å². The van der Waals surface area contributed by atoms with Crippen LogP contribution in [0.5, 0.6) is 11.6 Å². The van der Waals surface area contributed by atoms with Gasteiger partial charge >= 0.3 is 0 Å². The number of ether oxygens (including phenoxy) is 2. The lowest BCUT2D eigenvalue weighted by Crippen LogP contribution is -2.15. The number of halogens is 1. The molecule has 0 aliphatic carbocycles. The Balaban J connectivity index is 1.91. The number of aryl methyl sites for hydroxylation is 1. The number of hydrogen-bond donors (Lipinski definition) is 1. The second-order valence-electron chi connectivity index (χ2n) is 5.31. The molecule has 2 aromatic heterocycles. The molecule has 0 unspecified atom stereocenters. The Labute approximate surface area is 153 Å². The molecule has 0 atom stereocenters. The molecular formula is C16H16FN3O4S2. The van der Waals surface area contributed by atoms with Gasteiger partial charge in [-0.05, 0) is 18.6 Å². The number of benzene rings is 1. The van der Waals surface area contributed by atoms with E-state index in [-0.39, 0.29) is 29.1 Å². The zero-order valence-electron chi connectivity index (χ0n) is 14.0. The Morgan fingerprint density at radius 2 is 2.15 bits per heavy atom. The molecule has 2 heterocycles. The molecule has 3 rings (SSSR count). The van der Waals surface area contributed by atoms with E-state index in [9.17, 15) is 12.8 Å². The van der Waals surface area contributed by atoms with Crippen molar-refractivity contribution in [1.29, 1.82) is 0 Å². The van der Waals surface area contributed by atoms with Crippen molar-refractivity contribution < 1.29 is 22.3 Å². The van der Waals surface area contributed by atoms with Crippen molar-refractivity contribution in [3.8, 4) is 11.6 Å². The Hall–Kier alpha value is -2.46. The minimum absolute atomic E-state index is 0.0111. The van der Waals surface area contributed by atoms with E-state index in [0.29, 0.717) is 5.39 Å². The van der Waals surface area contributed by atoms with E-state index < -0.39 is 16.7 Å². The molecule has 3 aromatic rings. The first-order valence-corrected chi connectivity index (χ1v) is 9.91. The van der Waals surface area contributed by atoms with Crippen molar-refractivity contribution in [2.45, 2.75) is 11.8 Å². The topological polar surface area (TPSA) is 90.4 Å². The summed E-state index contributed by atoms with van der Waals surface area (Å²) < 4.78 is 51.0. The number of methoxy groups -OCH3 is 1. The van der Waals surface area contributed by atoms with Crippen molar-refractivity contribution in [2.75, 3.05) is 25.1 Å². The van der Waals surface area contributed by atoms with E-state index in [2.05, 4.69) is 14.7 Å². The Kier molecular flexibility index (Phi) is 5.23. The van der Waals surface area contributed by atoms with Crippen molar-refractivity contribution in [3.05, 3.63) is 35.3 Å². The van der Waals surface area contributed by atoms with Crippen LogP contribution in [0.15, 0.2) is 34.7 Å². The van der Waals surface area contributed by atoms with Crippen LogP contribution < -0.4 is 14.2 Å². The molecule has 26 heavy (non-hydrogen) atoms. The standard InChI is InChI=1S/C16H16FN3O4S2/c1-10-3-4-11-13(7-10)25-9-14(11)26(21,22)20-16-18-8-12(24-6-5-17)15(19-16)23-2/h3-4,7-9H,5-6H2,1-2H3,(H,18,19,20). The fourth-order valence-electron chi connectivity index (χ4n) is 2.29. The predicted molar refractivity (Wildman–Crippen MR) is 97.4 cm³/mol. The fourth-order valence-corrected chi connectivity index (χ4v) is 4.84. The highest BCUT2D eigenvalue weighted by atomic mass is 32.2. The lowest BCUT2D eigenvalue weighted by atomic mass is 10.2. The zero-order valence-corrected chi connectivity index (χ0v) is 15.7. The smallest absolute Gasteiger partial charge is 0.265 e. The van der Waals surface area contributed by atoms with Gasteiger partial charge in [-0.25, -0.2) is 22.5 Å². The monoisotopic (exact) mass is 397 g/mol. The highest BCUT2D eigenvalue weighted by Crippen LogP contribution is 2.31. The molecule has 0 bridgehead atoms. The van der Waals surface area contributed by atoms with Crippen LogP contribution in [0.25, 0.3) is 10.1 Å². The average molecular weight is 397 g/mol. The predicted octanol–water partition coefficient (Wildman–Crippen LogP) is 3.16. The number of nitrogens with zero attached hydrogens (tertiary/aromatic N) is 2. The fraction of sp³-hybridized carbons (Fsp3) is 0.250. The molecule has 0 aliphatic heterocycles. The molecule has 0 fully saturated rings. The van der Waals surface area contributed by atoms with Gasteiger partial charge in [-0.3, -0.25) is 0 Å². The minimum atomic E-state index is -3.89. The van der Waals surface area contributed by atoms with Gasteiger partial charge in [0.25, 0.3) is 15.9 Å². The Bertz CT molecular complexity index is 1040. The molecule has 0 saturated heterocycles. The minimum Gasteiger partial charge on any atom is -0.484 e. The highest BCUT2D eigenvalue weighted by Gasteiger charge is 2.21. The number of rotatable bonds is 7. The van der Waals surface area contributed by atoms with Crippen LogP contribution in [0, 0.1) is 6.92 Å². The summed E-state index contributed by atoms with van der Waals surface area (Å²) in [4.78, 5) is 8.02. The largest absolute Gasteiger partial charge is 0.484 e. The van der Waals surface area contributed by atoms with Gasteiger partial charge in [-0.2, -0.15) is 4.98 Å². The molecule has 10 heteroatoms. The molecule has 0 radical (unpaired) electrons. The SMILES string of the molecule is COc1nc(NS(=O)(=O)c2csc3cc(C)ccc23)ncc1OCCF. The van der Waals surface area contributed by atoms with Crippen LogP contribution in [0.2, 0.25) is 0 Å². The summed E-state index contributed by atoms with van der Waals surface area (Å²) in [6.45, 7) is 1.09. The van der Waals surface area contributed by atoms with Crippen LogP contribution in [-0.2, 0) is 10.0 Å². The number of hydrogen-bond acceptors (Lipinski definition) is 7. The first-order chi connectivity index (χ1) is 12.4. The number of anilines is 1. The van der Waals surface area contributed by atoms with Crippen LogP contribution in [0.3, 0.4) is 0 Å². The third-order valence-corrected chi connectivity index (χ3v) is 5.92. The number of aromatic nitrogens is 2. The van der Waals surface area contributed by atoms with Crippen molar-refractivity contribution in [3.63, 3.8) is 0 Å². The molecule has 138 valence electrons. The number of alkyl halides is 1. The summed E-state index contributed by atoms with van der Waals surface area (Å²) in [5.74, 6) is -0.0255. The molecule has 7 nitrogen and oxygen atoms in total. The Morgan fingerprint density at radius 3 is 2.88 bits per heavy atom. The molecule has 1 N–H and O–H groups in total. The average Bonchev–Trinajstić information content (AvgIpc) is 3.04. The third kappa shape index (κ3) is 3.70. The van der Waals surface area contributed by atoms with Gasteiger partial charge in [0, 0.05) is 15.5 Å². The molecule has 1 aromatic carbocycles. The van der Waals surface area contributed by atoms with E-state index in [0.717, 1.165) is 10.3 Å². The lowest BCUT2D eigenvalue weighted by molar-refractivity contribution is 0.256. The normalized spacial score (nSPS) is 11.5. The van der Waals surface area contributed by atoms with Gasteiger partial charge in [0.2, 0.25) is 5.95 Å². The van der Waals surface area contributed by atoms with Crippen LogP contribution >= 0.6 is 11.3 Å². The lowest BCUT2D eigenvalue weighted by Gasteiger charge is -2.10. The summed E-state index contributed by atoms with van der Waals surface area (Å²) in [5, 5.41) is 2.20. The van der Waals surface area contributed by atoms with E-state index in [1.54, 1.807) is 11.4 Å². The zero-order chi connectivity index (χ0) is 18.7. The van der Waals surface area contributed by atoms with Crippen molar-refractivity contribution in [1.82, 2.24) is 9.97 Å².